The molecule has 0 aliphatic carbocycles. The van der Waals surface area contributed by atoms with Crippen molar-refractivity contribution in [1.29, 1.82) is 0 Å². The van der Waals surface area contributed by atoms with Crippen molar-refractivity contribution in [3.8, 4) is 0 Å². The van der Waals surface area contributed by atoms with Crippen LogP contribution in [0.2, 0.25) is 10.6 Å². The molecule has 0 unspecified atom stereocenters. The van der Waals surface area contributed by atoms with E-state index >= 15 is 0 Å². The monoisotopic (exact) mass is 104 g/mol. The molecule has 0 fully saturated rings. The summed E-state index contributed by atoms with van der Waals surface area (Å²) >= 11 is -1.66. The van der Waals surface area contributed by atoms with Crippen LogP contribution in [-0.2, 0) is 0 Å². The summed E-state index contributed by atoms with van der Waals surface area (Å²) < 4.78 is 12.0. The third-order valence-electron chi connectivity index (χ3n) is 0.886. The molecular weight excluding hydrogens is 94.0 g/mol. The quantitative estimate of drug-likeness (QED) is 0.470. The van der Waals surface area contributed by atoms with Gasteiger partial charge in [-0.25, -0.2) is 0 Å². The van der Waals surface area contributed by atoms with Gasteiger partial charge in [-0.1, -0.05) is 24.4 Å². The predicted molar refractivity (Wildman–Crippen MR) is 27.8 cm³/mol. The smallest absolute Gasteiger partial charge is 0.418 e. The summed E-state index contributed by atoms with van der Waals surface area (Å²) in [6.45, 7) is 3.83. The van der Waals surface area contributed by atoms with E-state index in [0.29, 0.717) is 0 Å². The Kier molecular flexibility index (Phi) is 3.93. The van der Waals surface area contributed by atoms with E-state index in [9.17, 15) is 3.52 Å². The summed E-state index contributed by atoms with van der Waals surface area (Å²) in [6, 6.07) is 0. The molecule has 0 saturated heterocycles. The van der Waals surface area contributed by atoms with Crippen LogP contribution in [0.25, 0.3) is 0 Å². The van der Waals surface area contributed by atoms with E-state index in [1.807, 2.05) is 13.8 Å². The summed E-state index contributed by atoms with van der Waals surface area (Å²) in [5.74, 6) is 0. The van der Waals surface area contributed by atoms with Gasteiger partial charge >= 0.3 is 14.6 Å². The average molecular weight is 104 g/mol. The van der Waals surface area contributed by atoms with E-state index in [1.165, 1.54) is 0 Å². The molecule has 0 aliphatic rings. The van der Waals surface area contributed by atoms with Gasteiger partial charge in [0, 0.05) is 0 Å². The van der Waals surface area contributed by atoms with Gasteiger partial charge in [-0.15, -0.1) is 0 Å². The number of rotatable bonds is 2. The minimum atomic E-state index is -1.66. The lowest BCUT2D eigenvalue weighted by Crippen LogP contribution is -1.97. The van der Waals surface area contributed by atoms with Gasteiger partial charge in [-0.05, 0) is 0 Å². The van der Waals surface area contributed by atoms with Gasteiger partial charge < -0.3 is 3.52 Å². The molecule has 0 amide bonds. The van der Waals surface area contributed by atoms with Crippen LogP contribution in [0, 0.1) is 0 Å². The first kappa shape index (κ1) is 6.46. The topological polar surface area (TPSA) is 0 Å². The molecule has 0 aromatic carbocycles. The number of hydrogen-bond acceptors (Lipinski definition) is 0. The zero-order chi connectivity index (χ0) is 4.99. The SMILES string of the molecule is C[CH2][Al]([F])[CH2]C. The lowest BCUT2D eigenvalue weighted by Gasteiger charge is -1.84. The van der Waals surface area contributed by atoms with E-state index < -0.39 is 14.6 Å². The predicted octanol–water partition coefficient (Wildman–Crippen LogP) is 1.99. The van der Waals surface area contributed by atoms with Gasteiger partial charge in [-0.3, -0.25) is 0 Å². The molecule has 0 rings (SSSR count). The molecule has 0 radical (unpaired) electrons. The zero-order valence-electron chi connectivity index (χ0n) is 4.37. The molecule has 0 N–H and O–H groups in total. The molecule has 0 nitrogen and oxygen atoms in total. The van der Waals surface area contributed by atoms with Gasteiger partial charge in [-0.2, -0.15) is 0 Å². The fourth-order valence-corrected chi connectivity index (χ4v) is 0.866. The zero-order valence-corrected chi connectivity index (χ0v) is 5.52. The summed E-state index contributed by atoms with van der Waals surface area (Å²) in [6.07, 6.45) is 0. The Morgan fingerprint density at radius 1 is 1.33 bits per heavy atom. The lowest BCUT2D eigenvalue weighted by atomic mass is 10.9. The van der Waals surface area contributed by atoms with Crippen molar-refractivity contribution in [2.24, 2.45) is 0 Å². The highest BCUT2D eigenvalue weighted by Gasteiger charge is 2.09. The van der Waals surface area contributed by atoms with Crippen LogP contribution >= 0.6 is 0 Å². The molecule has 2 heteroatoms. The minimum Gasteiger partial charge on any atom is -0.418 e. The number of halogens is 1. The van der Waals surface area contributed by atoms with E-state index in [2.05, 4.69) is 0 Å². The normalized spacial score (nSPS) is 8.50. The highest BCUT2D eigenvalue weighted by atomic mass is 27.2. The third kappa shape index (κ3) is 2.69. The summed E-state index contributed by atoms with van der Waals surface area (Å²) in [4.78, 5) is 0. The minimum absolute atomic E-state index is 0.802. The van der Waals surface area contributed by atoms with Crippen molar-refractivity contribution in [1.82, 2.24) is 0 Å². The second-order valence-corrected chi connectivity index (χ2v) is 4.24. The molecule has 0 spiro atoms. The molecule has 0 bridgehead atoms. The molecule has 6 heavy (non-hydrogen) atoms. The van der Waals surface area contributed by atoms with Gasteiger partial charge in [0.05, 0.1) is 0 Å². The van der Waals surface area contributed by atoms with Crippen LogP contribution in [0.15, 0.2) is 0 Å². The Labute approximate surface area is 43.2 Å². The van der Waals surface area contributed by atoms with Crippen molar-refractivity contribution in [3.05, 3.63) is 0 Å². The summed E-state index contributed by atoms with van der Waals surface area (Å²) in [5.41, 5.74) is 0. The molecule has 36 valence electrons. The van der Waals surface area contributed by atoms with Crippen molar-refractivity contribution >= 4 is 14.6 Å². The van der Waals surface area contributed by atoms with Crippen molar-refractivity contribution in [2.75, 3.05) is 0 Å². The van der Waals surface area contributed by atoms with E-state index in [4.69, 9.17) is 0 Å². The highest BCUT2D eigenvalue weighted by Crippen LogP contribution is 1.96. The highest BCUT2D eigenvalue weighted by molar-refractivity contribution is 6.50. The molecule has 0 aliphatic heterocycles. The van der Waals surface area contributed by atoms with Crippen LogP contribution in [0.4, 0.5) is 3.52 Å². The lowest BCUT2D eigenvalue weighted by molar-refractivity contribution is 0.813. The molecule has 0 atom stereocenters. The second kappa shape index (κ2) is 3.65. The van der Waals surface area contributed by atoms with Crippen molar-refractivity contribution in [3.63, 3.8) is 0 Å². The molecule has 0 aromatic rings. The Bertz CT molecular complexity index is 26.7. The standard InChI is InChI=1S/2C2H5.Al.FH/c2*1-2;;/h2*1H2,2H3;;1H/q;;+1;/p-1. The Balaban J connectivity index is 2.75. The molecular formula is C4H10AlF. The van der Waals surface area contributed by atoms with E-state index in [-0.39, 0.29) is 0 Å². The largest absolute Gasteiger partial charge is 0.516 e. The van der Waals surface area contributed by atoms with Crippen LogP contribution in [0.1, 0.15) is 13.8 Å². The second-order valence-electron chi connectivity index (χ2n) is 1.41. The summed E-state index contributed by atoms with van der Waals surface area (Å²) in [5, 5.41) is 1.60. The van der Waals surface area contributed by atoms with Crippen LogP contribution in [0.5, 0.6) is 0 Å². The first-order valence-electron chi connectivity index (χ1n) is 2.45. The van der Waals surface area contributed by atoms with Crippen LogP contribution in [0.3, 0.4) is 0 Å². The fourth-order valence-electron chi connectivity index (χ4n) is 0.289. The number of hydrogen-bond donors (Lipinski definition) is 0. The Hall–Kier alpha value is 0.462. The van der Waals surface area contributed by atoms with E-state index in [0.717, 1.165) is 10.6 Å². The Morgan fingerprint density at radius 2 is 1.67 bits per heavy atom. The maximum atomic E-state index is 12.0. The third-order valence-corrected chi connectivity index (χ3v) is 2.66. The maximum absolute atomic E-state index is 12.0. The van der Waals surface area contributed by atoms with Crippen molar-refractivity contribution in [2.45, 2.75) is 24.4 Å². The van der Waals surface area contributed by atoms with Crippen LogP contribution in [-0.4, -0.2) is 14.6 Å². The average Bonchev–Trinajstić information content (AvgIpc) is 1.65. The Morgan fingerprint density at radius 3 is 1.67 bits per heavy atom. The van der Waals surface area contributed by atoms with E-state index in [1.54, 1.807) is 0 Å². The van der Waals surface area contributed by atoms with Gasteiger partial charge in [0.25, 0.3) is 0 Å². The van der Waals surface area contributed by atoms with Crippen LogP contribution < -0.4 is 0 Å². The van der Waals surface area contributed by atoms with Crippen molar-refractivity contribution < 1.29 is 3.52 Å². The molecule has 0 heterocycles. The first-order valence-corrected chi connectivity index (χ1v) is 4.52. The van der Waals surface area contributed by atoms with Gasteiger partial charge in [0.2, 0.25) is 0 Å². The summed E-state index contributed by atoms with van der Waals surface area (Å²) in [7, 11) is 0. The van der Waals surface area contributed by atoms with Gasteiger partial charge in [0.1, 0.15) is 0 Å². The first-order chi connectivity index (χ1) is 2.81. The van der Waals surface area contributed by atoms with Gasteiger partial charge in [0.15, 0.2) is 0 Å². The molecule has 0 saturated carbocycles. The maximum Gasteiger partial charge on any atom is 0.516 e. The molecule has 0 aromatic heterocycles. The fraction of sp³-hybridized carbons (Fsp3) is 1.00.